The van der Waals surface area contributed by atoms with Gasteiger partial charge in [0.15, 0.2) is 0 Å². The first-order valence-corrected chi connectivity index (χ1v) is 25.5. The zero-order valence-electron chi connectivity index (χ0n) is 40.0. The van der Waals surface area contributed by atoms with E-state index in [1.807, 2.05) is 27.7 Å². The van der Waals surface area contributed by atoms with Crippen LogP contribution >= 0.6 is 14.3 Å². The van der Waals surface area contributed by atoms with Crippen LogP contribution in [0.4, 0.5) is 0 Å². The SMILES string of the molecule is Cc1ccc(C(=O)P(=O)(CC(=O)OCCOCCOCCOCCOC(=O)CP(=O)(C(=O)c2c(C)cc(C)cc2C)C(=O)c2c(C)cc(C)cc2C)C(=O)c2c(C)cc(C)cc2C)c(C)c1. The number of aryl methyl sites for hydroxylation is 11. The maximum atomic E-state index is 14.7. The number of carbonyl (C=O) groups is 6. The molecule has 15 heteroatoms. The van der Waals surface area contributed by atoms with E-state index in [-0.39, 0.29) is 75.1 Å². The third kappa shape index (κ3) is 13.3. The van der Waals surface area contributed by atoms with Crippen molar-refractivity contribution in [2.45, 2.75) is 76.2 Å². The van der Waals surface area contributed by atoms with E-state index in [0.29, 0.717) is 38.9 Å². The quantitative estimate of drug-likeness (QED) is 0.0368. The zero-order chi connectivity index (χ0) is 49.1. The highest BCUT2D eigenvalue weighted by Crippen LogP contribution is 2.55. The molecular weight excluding hydrogens is 882 g/mol. The van der Waals surface area contributed by atoms with Gasteiger partial charge in [0.2, 0.25) is 36.4 Å². The molecule has 4 aromatic carbocycles. The number of ether oxygens (including phenoxy) is 5. The highest BCUT2D eigenvalue weighted by molar-refractivity contribution is 7.96. The molecule has 1 unspecified atom stereocenters. The maximum Gasteiger partial charge on any atom is 0.314 e. The summed E-state index contributed by atoms with van der Waals surface area (Å²) in [6, 6.07) is 15.6. The van der Waals surface area contributed by atoms with Crippen LogP contribution < -0.4 is 0 Å². The van der Waals surface area contributed by atoms with Crippen molar-refractivity contribution in [3.05, 3.63) is 138 Å². The molecule has 0 aliphatic carbocycles. The zero-order valence-corrected chi connectivity index (χ0v) is 41.8. The molecule has 0 aromatic heterocycles. The molecule has 0 saturated carbocycles. The fourth-order valence-corrected chi connectivity index (χ4v) is 12.9. The summed E-state index contributed by atoms with van der Waals surface area (Å²) >= 11 is 0. The number of hydrogen-bond donors (Lipinski definition) is 0. The van der Waals surface area contributed by atoms with Crippen LogP contribution in [0.1, 0.15) is 103 Å². The standard InChI is InChI=1S/C51H62O13P2/c1-31-12-13-42(35(5)22-31)48(54)65(58,49(55)45-36(6)23-32(2)24-37(45)7)29-43(52)63-20-18-61-16-14-60-15-17-62-19-21-64-44(53)30-66(59,50(56)46-38(8)25-33(3)26-39(46)9)51(57)47-40(10)27-34(4)28-41(47)11/h12-13,22-28H,14-21,29-30H2,1-11H3. The summed E-state index contributed by atoms with van der Waals surface area (Å²) in [6.45, 7) is 19.5. The summed E-state index contributed by atoms with van der Waals surface area (Å²) in [4.78, 5) is 82.2. The second-order valence-corrected chi connectivity index (χ2v) is 22.1. The molecule has 0 radical (unpaired) electrons. The van der Waals surface area contributed by atoms with Gasteiger partial charge in [0.25, 0.3) is 0 Å². The minimum atomic E-state index is -4.56. The average Bonchev–Trinajstić information content (AvgIpc) is 3.20. The lowest BCUT2D eigenvalue weighted by Gasteiger charge is -2.20. The molecule has 0 bridgehead atoms. The lowest BCUT2D eigenvalue weighted by Crippen LogP contribution is -2.23. The molecular formula is C51H62O13P2. The van der Waals surface area contributed by atoms with Crippen LogP contribution in [0.3, 0.4) is 0 Å². The highest BCUT2D eigenvalue weighted by Gasteiger charge is 2.46. The summed E-state index contributed by atoms with van der Waals surface area (Å²) in [5, 5.41) is 0. The molecule has 1 atom stereocenters. The van der Waals surface area contributed by atoms with Gasteiger partial charge in [-0.25, -0.2) is 0 Å². The molecule has 66 heavy (non-hydrogen) atoms. The Morgan fingerprint density at radius 3 is 0.939 bits per heavy atom. The third-order valence-electron chi connectivity index (χ3n) is 11.0. The van der Waals surface area contributed by atoms with E-state index in [2.05, 4.69) is 0 Å². The summed E-state index contributed by atoms with van der Waals surface area (Å²) in [5.41, 5.74) is 4.51. The summed E-state index contributed by atoms with van der Waals surface area (Å²) < 4.78 is 56.2. The Labute approximate surface area is 388 Å². The maximum absolute atomic E-state index is 14.7. The van der Waals surface area contributed by atoms with Crippen molar-refractivity contribution in [1.82, 2.24) is 0 Å². The average molecular weight is 945 g/mol. The predicted octanol–water partition coefficient (Wildman–Crippen LogP) is 9.60. The Balaban J connectivity index is 1.21. The van der Waals surface area contributed by atoms with Gasteiger partial charge in [0.1, 0.15) is 25.5 Å². The van der Waals surface area contributed by atoms with Crippen LogP contribution in [0.5, 0.6) is 0 Å². The van der Waals surface area contributed by atoms with Gasteiger partial charge in [-0.3, -0.25) is 28.8 Å². The Kier molecular flexibility index (Phi) is 19.1. The minimum absolute atomic E-state index is 0.0327. The first kappa shape index (κ1) is 53.5. The van der Waals surface area contributed by atoms with Crippen LogP contribution in [-0.4, -0.2) is 99.2 Å². The fraction of sp³-hybridized carbons (Fsp3) is 0.412. The number of carbonyl (C=O) groups excluding carboxylic acids is 6. The van der Waals surface area contributed by atoms with E-state index in [4.69, 9.17) is 23.7 Å². The molecule has 4 rings (SSSR count). The molecule has 0 aliphatic rings. The second-order valence-electron chi connectivity index (χ2n) is 16.9. The fourth-order valence-electron chi connectivity index (χ4n) is 8.24. The van der Waals surface area contributed by atoms with Crippen molar-refractivity contribution < 1.29 is 61.6 Å². The normalized spacial score (nSPS) is 12.3. The predicted molar refractivity (Wildman–Crippen MR) is 255 cm³/mol. The molecule has 354 valence electrons. The van der Waals surface area contributed by atoms with E-state index in [0.717, 1.165) is 22.3 Å². The molecule has 0 aliphatic heterocycles. The topological polar surface area (TPSA) is 183 Å². The van der Waals surface area contributed by atoms with Crippen molar-refractivity contribution in [2.75, 3.05) is 65.2 Å². The van der Waals surface area contributed by atoms with Gasteiger partial charge in [-0.15, -0.1) is 0 Å². The Morgan fingerprint density at radius 2 is 0.636 bits per heavy atom. The smallest absolute Gasteiger partial charge is 0.314 e. The highest BCUT2D eigenvalue weighted by atomic mass is 31.2. The van der Waals surface area contributed by atoms with Gasteiger partial charge in [0.05, 0.1) is 39.6 Å². The molecule has 0 spiro atoms. The molecule has 0 saturated heterocycles. The Bertz CT molecular complexity index is 2480. The molecule has 0 N–H and O–H groups in total. The first-order valence-electron chi connectivity index (χ1n) is 21.7. The second kappa shape index (κ2) is 23.5. The van der Waals surface area contributed by atoms with Crippen LogP contribution in [-0.2, 0) is 42.4 Å². The van der Waals surface area contributed by atoms with Crippen LogP contribution in [0, 0.1) is 76.2 Å². The van der Waals surface area contributed by atoms with Crippen LogP contribution in [0.15, 0.2) is 54.6 Å². The third-order valence-corrected chi connectivity index (χ3v) is 16.0. The summed E-state index contributed by atoms with van der Waals surface area (Å²) in [5.74, 6) is -1.93. The van der Waals surface area contributed by atoms with Gasteiger partial charge >= 0.3 is 11.9 Å². The van der Waals surface area contributed by atoms with Crippen molar-refractivity contribution in [2.24, 2.45) is 0 Å². The van der Waals surface area contributed by atoms with Gasteiger partial charge in [-0.2, -0.15) is 0 Å². The van der Waals surface area contributed by atoms with E-state index < -0.39 is 60.6 Å². The molecule has 0 amide bonds. The largest absolute Gasteiger partial charge is 0.463 e. The van der Waals surface area contributed by atoms with Gasteiger partial charge in [-0.05, 0) is 115 Å². The lowest BCUT2D eigenvalue weighted by molar-refractivity contribution is -0.142. The van der Waals surface area contributed by atoms with E-state index in [9.17, 15) is 37.9 Å². The number of hydrogen-bond acceptors (Lipinski definition) is 13. The van der Waals surface area contributed by atoms with Gasteiger partial charge < -0.3 is 32.8 Å². The van der Waals surface area contributed by atoms with Crippen molar-refractivity contribution in [3.8, 4) is 0 Å². The molecule has 0 heterocycles. The van der Waals surface area contributed by atoms with E-state index in [1.165, 1.54) is 6.07 Å². The lowest BCUT2D eigenvalue weighted by atomic mass is 10.0. The van der Waals surface area contributed by atoms with E-state index in [1.54, 1.807) is 97.0 Å². The van der Waals surface area contributed by atoms with Crippen LogP contribution in [0.2, 0.25) is 0 Å². The van der Waals surface area contributed by atoms with Crippen LogP contribution in [0.25, 0.3) is 0 Å². The minimum Gasteiger partial charge on any atom is -0.463 e. The number of esters is 2. The molecule has 4 aromatic rings. The van der Waals surface area contributed by atoms with Crippen molar-refractivity contribution in [1.29, 1.82) is 0 Å². The Morgan fingerprint density at radius 1 is 0.364 bits per heavy atom. The number of rotatable bonds is 24. The Hall–Kier alpha value is -5.16. The molecule has 13 nitrogen and oxygen atoms in total. The summed E-state index contributed by atoms with van der Waals surface area (Å²) in [6.07, 6.45) is -1.79. The summed E-state index contributed by atoms with van der Waals surface area (Å²) in [7, 11) is -9.09. The van der Waals surface area contributed by atoms with Gasteiger partial charge in [0, 0.05) is 22.3 Å². The van der Waals surface area contributed by atoms with Crippen molar-refractivity contribution in [3.63, 3.8) is 0 Å². The number of benzene rings is 4. The van der Waals surface area contributed by atoms with Gasteiger partial charge in [-0.1, -0.05) is 76.9 Å². The van der Waals surface area contributed by atoms with E-state index >= 15 is 0 Å². The first-order chi connectivity index (χ1) is 31.0. The molecule has 0 fully saturated rings. The van der Waals surface area contributed by atoms with Crippen molar-refractivity contribution >= 4 is 48.3 Å². The monoisotopic (exact) mass is 944 g/mol.